The molecule has 0 saturated carbocycles. The summed E-state index contributed by atoms with van der Waals surface area (Å²) >= 11 is 0. The number of methoxy groups -OCH3 is 2. The molecule has 0 amide bonds. The molecule has 0 aromatic heterocycles. The van der Waals surface area contributed by atoms with Crippen LogP contribution in [0.15, 0.2) is 47.5 Å². The van der Waals surface area contributed by atoms with E-state index in [9.17, 15) is 8.78 Å². The molecule has 2 aromatic rings. The average Bonchev–Trinajstić information content (AvgIpc) is 2.77. The minimum absolute atomic E-state index is 0.0933. The van der Waals surface area contributed by atoms with E-state index < -0.39 is 6.61 Å². The monoisotopic (exact) mass is 436 g/mol. The first-order chi connectivity index (χ1) is 15.0. The molecule has 2 rings (SSSR count). The molecule has 0 unspecified atom stereocenters. The summed E-state index contributed by atoms with van der Waals surface area (Å²) < 4.78 is 40.2. The zero-order valence-electron chi connectivity index (χ0n) is 18.1. The van der Waals surface area contributed by atoms with Crippen molar-refractivity contribution in [2.75, 3.05) is 39.2 Å². The quantitative estimate of drug-likeness (QED) is 0.268. The molecule has 0 aliphatic heterocycles. The van der Waals surface area contributed by atoms with E-state index in [1.165, 1.54) is 13.2 Å². The molecular formula is C22H30F2N4O3. The fraction of sp³-hybridized carbons (Fsp3) is 0.409. The van der Waals surface area contributed by atoms with Crippen LogP contribution >= 0.6 is 0 Å². The minimum atomic E-state index is -2.90. The van der Waals surface area contributed by atoms with Crippen LogP contribution in [0.5, 0.6) is 11.5 Å². The summed E-state index contributed by atoms with van der Waals surface area (Å²) in [5.41, 5.74) is 2.59. The Hall–Kier alpha value is -3.07. The van der Waals surface area contributed by atoms with Gasteiger partial charge in [0.05, 0.1) is 20.3 Å². The van der Waals surface area contributed by atoms with Crippen molar-refractivity contribution < 1.29 is 23.0 Å². The van der Waals surface area contributed by atoms with Gasteiger partial charge in [-0.05, 0) is 42.8 Å². The third-order valence-corrected chi connectivity index (χ3v) is 4.28. The number of halogens is 2. The highest BCUT2D eigenvalue weighted by Gasteiger charge is 2.11. The van der Waals surface area contributed by atoms with E-state index in [1.807, 2.05) is 31.2 Å². The maximum Gasteiger partial charge on any atom is 0.387 e. The Morgan fingerprint density at radius 2 is 1.84 bits per heavy atom. The van der Waals surface area contributed by atoms with E-state index in [1.54, 1.807) is 19.2 Å². The molecule has 0 saturated heterocycles. The molecule has 0 radical (unpaired) electrons. The molecule has 3 N–H and O–H groups in total. The molecule has 0 fully saturated rings. The van der Waals surface area contributed by atoms with Crippen molar-refractivity contribution in [1.29, 1.82) is 0 Å². The summed E-state index contributed by atoms with van der Waals surface area (Å²) in [5.74, 6) is 1.21. The van der Waals surface area contributed by atoms with Gasteiger partial charge in [0.25, 0.3) is 0 Å². The highest BCUT2D eigenvalue weighted by Crippen LogP contribution is 2.25. The van der Waals surface area contributed by atoms with E-state index in [0.29, 0.717) is 37.0 Å². The van der Waals surface area contributed by atoms with Crippen LogP contribution in [0.1, 0.15) is 18.1 Å². The Labute approximate surface area is 181 Å². The van der Waals surface area contributed by atoms with Crippen LogP contribution in [0.25, 0.3) is 0 Å². The van der Waals surface area contributed by atoms with Gasteiger partial charge in [-0.15, -0.1) is 0 Å². The number of guanidine groups is 1. The van der Waals surface area contributed by atoms with Crippen LogP contribution in [-0.4, -0.2) is 46.5 Å². The number of nitrogens with one attached hydrogen (secondary N) is 3. The predicted molar refractivity (Wildman–Crippen MR) is 118 cm³/mol. The number of benzene rings is 2. The summed E-state index contributed by atoms with van der Waals surface area (Å²) in [6.45, 7) is 1.80. The maximum atomic E-state index is 12.7. The van der Waals surface area contributed by atoms with Crippen LogP contribution in [0.3, 0.4) is 0 Å². The molecule has 0 heterocycles. The number of nitrogens with zero attached hydrogens (tertiary/aromatic N) is 1. The molecule has 0 aliphatic carbocycles. The van der Waals surface area contributed by atoms with Crippen molar-refractivity contribution in [3.63, 3.8) is 0 Å². The molecule has 0 aliphatic rings. The van der Waals surface area contributed by atoms with E-state index in [-0.39, 0.29) is 12.3 Å². The van der Waals surface area contributed by atoms with Gasteiger partial charge in [-0.25, -0.2) is 4.99 Å². The fourth-order valence-corrected chi connectivity index (χ4v) is 2.75. The topological polar surface area (TPSA) is 76.1 Å². The van der Waals surface area contributed by atoms with Crippen molar-refractivity contribution in [3.8, 4) is 11.5 Å². The van der Waals surface area contributed by atoms with Gasteiger partial charge in [0, 0.05) is 38.0 Å². The number of rotatable bonds is 12. The predicted octanol–water partition coefficient (Wildman–Crippen LogP) is 3.61. The van der Waals surface area contributed by atoms with Gasteiger partial charge in [0.15, 0.2) is 5.96 Å². The van der Waals surface area contributed by atoms with Crippen molar-refractivity contribution in [3.05, 3.63) is 53.6 Å². The first-order valence-corrected chi connectivity index (χ1v) is 10.0. The van der Waals surface area contributed by atoms with Gasteiger partial charge >= 0.3 is 6.61 Å². The lowest BCUT2D eigenvalue weighted by atomic mass is 10.2. The molecule has 2 aromatic carbocycles. The Morgan fingerprint density at radius 1 is 1.06 bits per heavy atom. The number of hydrogen-bond donors (Lipinski definition) is 3. The second kappa shape index (κ2) is 13.3. The molecule has 31 heavy (non-hydrogen) atoms. The van der Waals surface area contributed by atoms with Crippen LogP contribution in [0.4, 0.5) is 14.5 Å². The molecule has 0 bridgehead atoms. The standard InChI is InChI=1S/C22H30F2N4O3/c1-4-25-22(27-14-16-5-7-18(8-6-16)26-11-12-29-2)28-15-17-13-19(30-3)9-10-20(17)31-21(23)24/h5-10,13,21,26H,4,11-12,14-15H2,1-3H3,(H2,25,27,28). The van der Waals surface area contributed by atoms with E-state index in [0.717, 1.165) is 17.8 Å². The third-order valence-electron chi connectivity index (χ3n) is 4.28. The molecule has 170 valence electrons. The van der Waals surface area contributed by atoms with Crippen LogP contribution in [-0.2, 0) is 17.8 Å². The lowest BCUT2D eigenvalue weighted by Crippen LogP contribution is -2.36. The minimum Gasteiger partial charge on any atom is -0.497 e. The number of alkyl halides is 2. The smallest absolute Gasteiger partial charge is 0.387 e. The summed E-state index contributed by atoms with van der Waals surface area (Å²) in [4.78, 5) is 4.57. The lowest BCUT2D eigenvalue weighted by Gasteiger charge is -2.15. The number of anilines is 1. The SMILES string of the molecule is CCNC(=NCc1ccc(NCCOC)cc1)NCc1cc(OC)ccc1OC(F)F. The summed E-state index contributed by atoms with van der Waals surface area (Å²) in [7, 11) is 3.18. The zero-order valence-corrected chi connectivity index (χ0v) is 18.1. The van der Waals surface area contributed by atoms with Crippen LogP contribution in [0.2, 0.25) is 0 Å². The van der Waals surface area contributed by atoms with Crippen LogP contribution in [0, 0.1) is 0 Å². The molecular weight excluding hydrogens is 406 g/mol. The van der Waals surface area contributed by atoms with E-state index in [2.05, 4.69) is 25.7 Å². The average molecular weight is 437 g/mol. The Kier molecular flexibility index (Phi) is 10.4. The first kappa shape index (κ1) is 24.2. The Balaban J connectivity index is 2.01. The Morgan fingerprint density at radius 3 is 2.48 bits per heavy atom. The zero-order chi connectivity index (χ0) is 22.5. The van der Waals surface area contributed by atoms with Gasteiger partial charge in [0.2, 0.25) is 0 Å². The normalized spacial score (nSPS) is 11.4. The highest BCUT2D eigenvalue weighted by molar-refractivity contribution is 5.79. The lowest BCUT2D eigenvalue weighted by molar-refractivity contribution is -0.0504. The highest BCUT2D eigenvalue weighted by atomic mass is 19.3. The van der Waals surface area contributed by atoms with Gasteiger partial charge in [0.1, 0.15) is 11.5 Å². The van der Waals surface area contributed by atoms with Gasteiger partial charge in [-0.1, -0.05) is 12.1 Å². The summed E-state index contributed by atoms with van der Waals surface area (Å²) in [6, 6.07) is 12.7. The number of ether oxygens (including phenoxy) is 3. The van der Waals surface area contributed by atoms with Crippen molar-refractivity contribution in [1.82, 2.24) is 10.6 Å². The molecule has 7 nitrogen and oxygen atoms in total. The van der Waals surface area contributed by atoms with Gasteiger partial charge in [-0.3, -0.25) is 0 Å². The summed E-state index contributed by atoms with van der Waals surface area (Å²) in [5, 5.41) is 9.56. The first-order valence-electron chi connectivity index (χ1n) is 10.0. The van der Waals surface area contributed by atoms with E-state index >= 15 is 0 Å². The maximum absolute atomic E-state index is 12.7. The van der Waals surface area contributed by atoms with Crippen molar-refractivity contribution in [2.45, 2.75) is 26.6 Å². The fourth-order valence-electron chi connectivity index (χ4n) is 2.75. The van der Waals surface area contributed by atoms with Crippen molar-refractivity contribution >= 4 is 11.6 Å². The second-order valence-corrected chi connectivity index (χ2v) is 6.52. The Bertz CT molecular complexity index is 817. The summed E-state index contributed by atoms with van der Waals surface area (Å²) in [6.07, 6.45) is 0. The van der Waals surface area contributed by atoms with E-state index in [4.69, 9.17) is 9.47 Å². The largest absolute Gasteiger partial charge is 0.497 e. The molecule has 9 heteroatoms. The van der Waals surface area contributed by atoms with Crippen LogP contribution < -0.4 is 25.4 Å². The molecule has 0 atom stereocenters. The number of hydrogen-bond acceptors (Lipinski definition) is 5. The second-order valence-electron chi connectivity index (χ2n) is 6.52. The van der Waals surface area contributed by atoms with Gasteiger partial charge < -0.3 is 30.2 Å². The van der Waals surface area contributed by atoms with Crippen molar-refractivity contribution in [2.24, 2.45) is 4.99 Å². The molecule has 0 spiro atoms. The number of aliphatic imine (C=N–C) groups is 1. The van der Waals surface area contributed by atoms with Gasteiger partial charge in [-0.2, -0.15) is 8.78 Å². The third kappa shape index (κ3) is 8.67.